The van der Waals surface area contributed by atoms with Gasteiger partial charge in [-0.2, -0.15) is 5.10 Å². The summed E-state index contributed by atoms with van der Waals surface area (Å²) >= 11 is 0. The third-order valence-corrected chi connectivity index (χ3v) is 3.79. The molecule has 1 fully saturated rings. The first-order valence-corrected chi connectivity index (χ1v) is 6.55. The van der Waals surface area contributed by atoms with Crippen molar-refractivity contribution in [3.63, 3.8) is 0 Å². The van der Waals surface area contributed by atoms with Crippen LogP contribution in [0.5, 0.6) is 0 Å². The van der Waals surface area contributed by atoms with E-state index in [9.17, 15) is 4.79 Å². The van der Waals surface area contributed by atoms with E-state index < -0.39 is 5.97 Å². The average molecular weight is 263 g/mol. The standard InChI is InChI=1S/C14H21N3O2/c1-10-11(6-7-12(18)19)13(16(4)15-10)17-9-5-8-14(17,2)3/h6-7H,5,8-9H2,1-4H3,(H,18,19). The van der Waals surface area contributed by atoms with Gasteiger partial charge in [-0.25, -0.2) is 4.79 Å². The summed E-state index contributed by atoms with van der Waals surface area (Å²) in [5.74, 6) is 0.0763. The molecule has 1 aromatic rings. The van der Waals surface area contributed by atoms with Crippen LogP contribution in [-0.4, -0.2) is 32.9 Å². The van der Waals surface area contributed by atoms with Gasteiger partial charge in [0.15, 0.2) is 0 Å². The second kappa shape index (κ2) is 4.72. The Kier molecular flexibility index (Phi) is 3.39. The topological polar surface area (TPSA) is 58.4 Å². The van der Waals surface area contributed by atoms with Crippen molar-refractivity contribution in [2.75, 3.05) is 11.4 Å². The van der Waals surface area contributed by atoms with Gasteiger partial charge in [-0.05, 0) is 39.7 Å². The lowest BCUT2D eigenvalue weighted by Gasteiger charge is -2.34. The highest BCUT2D eigenvalue weighted by Gasteiger charge is 2.35. The largest absolute Gasteiger partial charge is 0.478 e. The van der Waals surface area contributed by atoms with E-state index in [1.54, 1.807) is 6.08 Å². The van der Waals surface area contributed by atoms with Gasteiger partial charge in [0, 0.05) is 30.8 Å². The number of rotatable bonds is 3. The first kappa shape index (κ1) is 13.6. The van der Waals surface area contributed by atoms with Gasteiger partial charge in [0.25, 0.3) is 0 Å². The molecule has 104 valence electrons. The lowest BCUT2D eigenvalue weighted by atomic mass is 10.0. The van der Waals surface area contributed by atoms with Crippen LogP contribution in [0.1, 0.15) is 37.9 Å². The van der Waals surface area contributed by atoms with Crippen molar-refractivity contribution in [3.8, 4) is 0 Å². The van der Waals surface area contributed by atoms with Crippen LogP contribution in [0.3, 0.4) is 0 Å². The molecule has 1 aliphatic heterocycles. The number of hydrogen-bond acceptors (Lipinski definition) is 3. The monoisotopic (exact) mass is 263 g/mol. The van der Waals surface area contributed by atoms with Crippen LogP contribution >= 0.6 is 0 Å². The van der Waals surface area contributed by atoms with Gasteiger partial charge in [-0.1, -0.05) is 0 Å². The van der Waals surface area contributed by atoms with Gasteiger partial charge < -0.3 is 10.0 Å². The second-order valence-electron chi connectivity index (χ2n) is 5.69. The Morgan fingerprint density at radius 3 is 2.68 bits per heavy atom. The molecule has 0 saturated carbocycles. The molecule has 5 heteroatoms. The van der Waals surface area contributed by atoms with Crippen LogP contribution in [-0.2, 0) is 11.8 Å². The zero-order valence-corrected chi connectivity index (χ0v) is 12.0. The summed E-state index contributed by atoms with van der Waals surface area (Å²) in [5.41, 5.74) is 1.85. The predicted molar refractivity (Wildman–Crippen MR) is 75.3 cm³/mol. The molecule has 1 aromatic heterocycles. The first-order valence-electron chi connectivity index (χ1n) is 6.55. The van der Waals surface area contributed by atoms with Crippen LogP contribution in [0.4, 0.5) is 5.82 Å². The highest BCUT2D eigenvalue weighted by atomic mass is 16.4. The summed E-state index contributed by atoms with van der Waals surface area (Å²) < 4.78 is 1.85. The summed E-state index contributed by atoms with van der Waals surface area (Å²) in [7, 11) is 1.91. The molecule has 0 amide bonds. The minimum absolute atomic E-state index is 0.0893. The van der Waals surface area contributed by atoms with E-state index in [1.807, 2.05) is 18.7 Å². The molecule has 19 heavy (non-hydrogen) atoms. The SMILES string of the molecule is Cc1nn(C)c(N2CCCC2(C)C)c1C=CC(=O)O. The van der Waals surface area contributed by atoms with Crippen LogP contribution < -0.4 is 4.90 Å². The Morgan fingerprint density at radius 2 is 2.16 bits per heavy atom. The van der Waals surface area contributed by atoms with Crippen molar-refractivity contribution in [2.45, 2.75) is 39.2 Å². The molecule has 2 rings (SSSR count). The van der Waals surface area contributed by atoms with E-state index >= 15 is 0 Å². The molecule has 5 nitrogen and oxygen atoms in total. The van der Waals surface area contributed by atoms with E-state index in [4.69, 9.17) is 5.11 Å². The Morgan fingerprint density at radius 1 is 1.47 bits per heavy atom. The number of anilines is 1. The highest BCUT2D eigenvalue weighted by molar-refractivity contribution is 5.87. The maximum absolute atomic E-state index is 10.7. The quantitative estimate of drug-likeness (QED) is 0.849. The van der Waals surface area contributed by atoms with Crippen molar-refractivity contribution < 1.29 is 9.90 Å². The predicted octanol–water partition coefficient (Wildman–Crippen LogP) is 2.21. The van der Waals surface area contributed by atoms with E-state index in [1.165, 1.54) is 6.08 Å². The van der Waals surface area contributed by atoms with Crippen LogP contribution in [0.25, 0.3) is 6.08 Å². The minimum Gasteiger partial charge on any atom is -0.478 e. The molecule has 0 unspecified atom stereocenters. The van der Waals surface area contributed by atoms with Crippen LogP contribution in [0, 0.1) is 6.92 Å². The minimum atomic E-state index is -0.935. The zero-order valence-electron chi connectivity index (χ0n) is 12.0. The maximum atomic E-state index is 10.7. The Balaban J connectivity index is 2.48. The normalized spacial score (nSPS) is 18.4. The van der Waals surface area contributed by atoms with Gasteiger partial charge in [0.1, 0.15) is 5.82 Å². The number of hydrogen-bond donors (Lipinski definition) is 1. The van der Waals surface area contributed by atoms with E-state index in [-0.39, 0.29) is 5.54 Å². The van der Waals surface area contributed by atoms with Gasteiger partial charge in [0.05, 0.1) is 5.69 Å². The molecule has 0 spiro atoms. The number of carboxylic acids is 1. The molecule has 0 radical (unpaired) electrons. The molecule has 0 atom stereocenters. The molecule has 1 aliphatic rings. The smallest absolute Gasteiger partial charge is 0.328 e. The van der Waals surface area contributed by atoms with E-state index in [0.717, 1.165) is 36.5 Å². The molecule has 0 bridgehead atoms. The number of aryl methyl sites for hydroxylation is 2. The Bertz CT molecular complexity index is 529. The number of nitrogens with zero attached hydrogens (tertiary/aromatic N) is 3. The summed E-state index contributed by atoms with van der Waals surface area (Å²) in [6.45, 7) is 7.33. The van der Waals surface area contributed by atoms with Crippen LogP contribution in [0.15, 0.2) is 6.08 Å². The zero-order chi connectivity index (χ0) is 14.2. The van der Waals surface area contributed by atoms with Crippen molar-refractivity contribution in [3.05, 3.63) is 17.3 Å². The molecular formula is C14H21N3O2. The van der Waals surface area contributed by atoms with Crippen molar-refractivity contribution in [1.29, 1.82) is 0 Å². The lowest BCUT2D eigenvalue weighted by molar-refractivity contribution is -0.131. The molecule has 0 aromatic carbocycles. The van der Waals surface area contributed by atoms with E-state index in [2.05, 4.69) is 23.8 Å². The Hall–Kier alpha value is -1.78. The van der Waals surface area contributed by atoms with Gasteiger partial charge in [-0.15, -0.1) is 0 Å². The van der Waals surface area contributed by atoms with Gasteiger partial charge in [0.2, 0.25) is 0 Å². The fourth-order valence-corrected chi connectivity index (χ4v) is 2.83. The lowest BCUT2D eigenvalue weighted by Crippen LogP contribution is -2.39. The number of carbonyl (C=O) groups is 1. The summed E-state index contributed by atoms with van der Waals surface area (Å²) in [6.07, 6.45) is 5.11. The first-order chi connectivity index (χ1) is 8.83. The maximum Gasteiger partial charge on any atom is 0.328 e. The van der Waals surface area contributed by atoms with Crippen molar-refractivity contribution in [2.24, 2.45) is 7.05 Å². The van der Waals surface area contributed by atoms with Crippen LogP contribution in [0.2, 0.25) is 0 Å². The van der Waals surface area contributed by atoms with Crippen molar-refractivity contribution >= 4 is 17.9 Å². The fourth-order valence-electron chi connectivity index (χ4n) is 2.83. The molecule has 0 aliphatic carbocycles. The molecule has 2 heterocycles. The number of aromatic nitrogens is 2. The van der Waals surface area contributed by atoms with Gasteiger partial charge in [-0.3, -0.25) is 4.68 Å². The summed E-state index contributed by atoms with van der Waals surface area (Å²) in [5, 5.41) is 13.2. The molecule has 1 N–H and O–H groups in total. The fraction of sp³-hybridized carbons (Fsp3) is 0.571. The summed E-state index contributed by atoms with van der Waals surface area (Å²) in [6, 6.07) is 0. The Labute approximate surface area is 113 Å². The van der Waals surface area contributed by atoms with Gasteiger partial charge >= 0.3 is 5.97 Å². The summed E-state index contributed by atoms with van der Waals surface area (Å²) in [4.78, 5) is 13.1. The number of carboxylic acid groups (broad SMARTS) is 1. The average Bonchev–Trinajstić information content (AvgIpc) is 2.75. The third kappa shape index (κ3) is 2.50. The highest BCUT2D eigenvalue weighted by Crippen LogP contribution is 2.36. The third-order valence-electron chi connectivity index (χ3n) is 3.79. The number of aliphatic carboxylic acids is 1. The molecule has 1 saturated heterocycles. The second-order valence-corrected chi connectivity index (χ2v) is 5.69. The molecular weight excluding hydrogens is 242 g/mol. The van der Waals surface area contributed by atoms with Crippen molar-refractivity contribution in [1.82, 2.24) is 9.78 Å². The van der Waals surface area contributed by atoms with E-state index in [0.29, 0.717) is 0 Å².